The van der Waals surface area contributed by atoms with E-state index in [-0.39, 0.29) is 16.9 Å². The molecule has 166 valence electrons. The smallest absolute Gasteiger partial charge is 0.225 e. The molecule has 5 rings (SSSR count). The van der Waals surface area contributed by atoms with Gasteiger partial charge in [0.15, 0.2) is 5.12 Å². The SMILES string of the molecule is CC(C)CN(C)C(=O)C1CCc2c(sc3ncnc(Nc4ccc5c(c4)SC(=O)C5)c23)C1. The highest BCUT2D eigenvalue weighted by Crippen LogP contribution is 2.41. The molecule has 8 heteroatoms. The van der Waals surface area contributed by atoms with Crippen molar-refractivity contribution in [1.82, 2.24) is 14.9 Å². The third kappa shape index (κ3) is 4.01. The molecule has 1 atom stereocenters. The van der Waals surface area contributed by atoms with Gasteiger partial charge in [-0.1, -0.05) is 31.7 Å². The monoisotopic (exact) mass is 466 g/mol. The first kappa shape index (κ1) is 21.4. The number of nitrogens with one attached hydrogen (secondary N) is 1. The van der Waals surface area contributed by atoms with E-state index < -0.39 is 0 Å². The first-order valence-electron chi connectivity index (χ1n) is 11.0. The van der Waals surface area contributed by atoms with Crippen molar-refractivity contribution in [3.8, 4) is 0 Å². The van der Waals surface area contributed by atoms with Gasteiger partial charge in [-0.25, -0.2) is 9.97 Å². The van der Waals surface area contributed by atoms with Gasteiger partial charge in [-0.05, 0) is 48.4 Å². The normalized spacial score (nSPS) is 17.5. The van der Waals surface area contributed by atoms with Crippen LogP contribution in [0.3, 0.4) is 0 Å². The zero-order chi connectivity index (χ0) is 22.4. The summed E-state index contributed by atoms with van der Waals surface area (Å²) in [6, 6.07) is 6.04. The fourth-order valence-electron chi connectivity index (χ4n) is 4.69. The lowest BCUT2D eigenvalue weighted by Gasteiger charge is -2.27. The first-order chi connectivity index (χ1) is 15.4. The van der Waals surface area contributed by atoms with Crippen molar-refractivity contribution >= 4 is 55.8 Å². The average molecular weight is 467 g/mol. The molecular formula is C24H26N4O2S2. The van der Waals surface area contributed by atoms with Crippen molar-refractivity contribution in [3.05, 3.63) is 40.5 Å². The molecule has 0 saturated heterocycles. The van der Waals surface area contributed by atoms with E-state index in [2.05, 4.69) is 29.1 Å². The summed E-state index contributed by atoms with van der Waals surface area (Å²) in [6.45, 7) is 5.07. The van der Waals surface area contributed by atoms with E-state index in [1.807, 2.05) is 30.1 Å². The molecular weight excluding hydrogens is 440 g/mol. The molecule has 1 unspecified atom stereocenters. The van der Waals surface area contributed by atoms with Crippen LogP contribution >= 0.6 is 23.1 Å². The van der Waals surface area contributed by atoms with E-state index in [4.69, 9.17) is 0 Å². The standard InChI is InChI=1S/C24H26N4O2S2/c1-13(2)11-28(3)24(30)15-5-7-17-19(8-15)32-23-21(17)22(25-12-26-23)27-16-6-4-14-9-20(29)31-18(14)10-16/h4,6,10,12-13,15H,5,7-9,11H2,1-3H3,(H,25,26,27). The molecule has 1 aliphatic carbocycles. The minimum Gasteiger partial charge on any atom is -0.345 e. The lowest BCUT2D eigenvalue weighted by atomic mass is 9.87. The molecule has 1 aromatic carbocycles. The Balaban J connectivity index is 1.41. The van der Waals surface area contributed by atoms with Gasteiger partial charge >= 0.3 is 0 Å². The minimum absolute atomic E-state index is 0.0370. The number of aromatic nitrogens is 2. The zero-order valence-electron chi connectivity index (χ0n) is 18.5. The Labute approximate surface area is 195 Å². The second kappa shape index (κ2) is 8.48. The number of nitrogens with zero attached hydrogens (tertiary/aromatic N) is 3. The van der Waals surface area contributed by atoms with E-state index in [0.717, 1.165) is 58.0 Å². The van der Waals surface area contributed by atoms with Crippen molar-refractivity contribution < 1.29 is 9.59 Å². The summed E-state index contributed by atoms with van der Waals surface area (Å²) >= 11 is 2.99. The summed E-state index contributed by atoms with van der Waals surface area (Å²) in [4.78, 5) is 38.9. The van der Waals surface area contributed by atoms with Gasteiger partial charge in [0.2, 0.25) is 5.91 Å². The van der Waals surface area contributed by atoms with E-state index in [1.165, 1.54) is 22.2 Å². The lowest BCUT2D eigenvalue weighted by molar-refractivity contribution is -0.135. The van der Waals surface area contributed by atoms with Crippen LogP contribution in [0.1, 0.15) is 36.3 Å². The first-order valence-corrected chi connectivity index (χ1v) is 12.6. The van der Waals surface area contributed by atoms with Crippen LogP contribution in [-0.4, -0.2) is 39.5 Å². The molecule has 0 saturated carbocycles. The number of thioether (sulfide) groups is 1. The molecule has 0 fully saturated rings. The maximum absolute atomic E-state index is 12.9. The number of anilines is 2. The average Bonchev–Trinajstić information content (AvgIpc) is 3.31. The summed E-state index contributed by atoms with van der Waals surface area (Å²) in [5, 5.41) is 4.72. The van der Waals surface area contributed by atoms with Crippen molar-refractivity contribution in [2.75, 3.05) is 18.9 Å². The highest BCUT2D eigenvalue weighted by molar-refractivity contribution is 8.14. The Bertz CT molecular complexity index is 1220. The maximum atomic E-state index is 12.9. The number of amides is 1. The van der Waals surface area contributed by atoms with Gasteiger partial charge in [-0.3, -0.25) is 9.59 Å². The van der Waals surface area contributed by atoms with Crippen LogP contribution in [0, 0.1) is 11.8 Å². The van der Waals surface area contributed by atoms with E-state index >= 15 is 0 Å². The number of aryl methyl sites for hydroxylation is 1. The molecule has 0 radical (unpaired) electrons. The van der Waals surface area contributed by atoms with Crippen molar-refractivity contribution in [3.63, 3.8) is 0 Å². The van der Waals surface area contributed by atoms with Crippen molar-refractivity contribution in [1.29, 1.82) is 0 Å². The fraction of sp³-hybridized carbons (Fsp3) is 0.417. The van der Waals surface area contributed by atoms with Crippen LogP contribution in [0.2, 0.25) is 0 Å². The summed E-state index contributed by atoms with van der Waals surface area (Å²) in [5.74, 6) is 1.54. The molecule has 2 aliphatic rings. The largest absolute Gasteiger partial charge is 0.345 e. The Hall–Kier alpha value is -2.45. The van der Waals surface area contributed by atoms with Gasteiger partial charge in [-0.15, -0.1) is 11.3 Å². The highest BCUT2D eigenvalue weighted by Gasteiger charge is 2.31. The second-order valence-electron chi connectivity index (χ2n) is 9.06. The van der Waals surface area contributed by atoms with Gasteiger partial charge in [0.1, 0.15) is 17.0 Å². The summed E-state index contributed by atoms with van der Waals surface area (Å²) in [5.41, 5.74) is 3.28. The number of carbonyl (C=O) groups is 2. The van der Waals surface area contributed by atoms with Crippen LogP contribution in [0.15, 0.2) is 29.4 Å². The number of benzene rings is 1. The quantitative estimate of drug-likeness (QED) is 0.581. The molecule has 2 aromatic heterocycles. The number of carbonyl (C=O) groups excluding carboxylic acids is 2. The van der Waals surface area contributed by atoms with Gasteiger partial charge < -0.3 is 10.2 Å². The van der Waals surface area contributed by atoms with Crippen LogP contribution in [0.25, 0.3) is 10.2 Å². The Morgan fingerprint density at radius 3 is 2.97 bits per heavy atom. The van der Waals surface area contributed by atoms with Crippen LogP contribution < -0.4 is 5.32 Å². The predicted octanol–water partition coefficient (Wildman–Crippen LogP) is 4.83. The molecule has 32 heavy (non-hydrogen) atoms. The number of rotatable bonds is 5. The zero-order valence-corrected chi connectivity index (χ0v) is 20.1. The summed E-state index contributed by atoms with van der Waals surface area (Å²) in [6.07, 6.45) is 4.58. The topological polar surface area (TPSA) is 75.2 Å². The molecule has 3 aromatic rings. The van der Waals surface area contributed by atoms with Gasteiger partial charge in [0.25, 0.3) is 0 Å². The molecule has 3 heterocycles. The van der Waals surface area contributed by atoms with Gasteiger partial charge in [-0.2, -0.15) is 0 Å². The minimum atomic E-state index is 0.0370. The van der Waals surface area contributed by atoms with Crippen LogP contribution in [0.5, 0.6) is 0 Å². The van der Waals surface area contributed by atoms with Crippen molar-refractivity contribution in [2.24, 2.45) is 11.8 Å². The Morgan fingerprint density at radius 1 is 1.31 bits per heavy atom. The predicted molar refractivity (Wildman–Crippen MR) is 130 cm³/mol. The lowest BCUT2D eigenvalue weighted by Crippen LogP contribution is -2.37. The molecule has 1 aliphatic heterocycles. The molecule has 1 amide bonds. The van der Waals surface area contributed by atoms with Crippen molar-refractivity contribution in [2.45, 2.75) is 44.4 Å². The van der Waals surface area contributed by atoms with Crippen LogP contribution in [-0.2, 0) is 28.9 Å². The van der Waals surface area contributed by atoms with E-state index in [0.29, 0.717) is 12.3 Å². The molecule has 0 spiro atoms. The summed E-state index contributed by atoms with van der Waals surface area (Å²) in [7, 11) is 1.92. The maximum Gasteiger partial charge on any atom is 0.225 e. The van der Waals surface area contributed by atoms with E-state index in [9.17, 15) is 9.59 Å². The number of hydrogen-bond donors (Lipinski definition) is 1. The second-order valence-corrected chi connectivity index (χ2v) is 11.2. The third-order valence-electron chi connectivity index (χ3n) is 6.10. The molecule has 6 nitrogen and oxygen atoms in total. The van der Waals surface area contributed by atoms with Gasteiger partial charge in [0, 0.05) is 41.4 Å². The molecule has 0 bridgehead atoms. The third-order valence-corrected chi connectivity index (χ3v) is 8.23. The molecule has 1 N–H and O–H groups in total. The number of thiophene rings is 1. The van der Waals surface area contributed by atoms with E-state index in [1.54, 1.807) is 17.7 Å². The Kier molecular flexibility index (Phi) is 5.67. The van der Waals surface area contributed by atoms with Crippen LogP contribution in [0.4, 0.5) is 11.5 Å². The Morgan fingerprint density at radius 2 is 2.16 bits per heavy atom. The summed E-state index contributed by atoms with van der Waals surface area (Å²) < 4.78 is 0. The number of fused-ring (bicyclic) bond motifs is 4. The van der Waals surface area contributed by atoms with Gasteiger partial charge in [0.05, 0.1) is 5.39 Å². The highest BCUT2D eigenvalue weighted by atomic mass is 32.2. The fourth-order valence-corrected chi connectivity index (χ4v) is 6.89. The number of hydrogen-bond acceptors (Lipinski definition) is 7.